The van der Waals surface area contributed by atoms with Crippen molar-refractivity contribution in [3.63, 3.8) is 0 Å². The molecule has 1 aliphatic rings. The zero-order valence-corrected chi connectivity index (χ0v) is 20.9. The SMILES string of the molecule is COc1ccc(-c2nnc(SCC(=O)N(C)Cc3cccc(OC)c3)n2C2CCCCC2)cc1. The van der Waals surface area contributed by atoms with Crippen LogP contribution in [0.1, 0.15) is 43.7 Å². The van der Waals surface area contributed by atoms with E-state index in [2.05, 4.69) is 14.8 Å². The van der Waals surface area contributed by atoms with Gasteiger partial charge in [-0.2, -0.15) is 0 Å². The van der Waals surface area contributed by atoms with Crippen LogP contribution >= 0.6 is 11.8 Å². The summed E-state index contributed by atoms with van der Waals surface area (Å²) in [5.41, 5.74) is 2.04. The van der Waals surface area contributed by atoms with E-state index in [1.165, 1.54) is 31.0 Å². The second-order valence-electron chi connectivity index (χ2n) is 8.59. The zero-order valence-electron chi connectivity index (χ0n) is 20.1. The first-order valence-electron chi connectivity index (χ1n) is 11.7. The van der Waals surface area contributed by atoms with Gasteiger partial charge in [0.2, 0.25) is 5.91 Å². The van der Waals surface area contributed by atoms with Gasteiger partial charge in [0.25, 0.3) is 0 Å². The fraction of sp³-hybridized carbons (Fsp3) is 0.423. The van der Waals surface area contributed by atoms with Gasteiger partial charge in [0, 0.05) is 25.2 Å². The van der Waals surface area contributed by atoms with Crippen molar-refractivity contribution in [2.75, 3.05) is 27.0 Å². The maximum absolute atomic E-state index is 12.9. The Morgan fingerprint density at radius 1 is 1.03 bits per heavy atom. The predicted octanol–water partition coefficient (Wildman–Crippen LogP) is 5.22. The van der Waals surface area contributed by atoms with Gasteiger partial charge < -0.3 is 14.4 Å². The molecule has 1 saturated carbocycles. The second kappa shape index (κ2) is 11.4. The minimum Gasteiger partial charge on any atom is -0.497 e. The number of thioether (sulfide) groups is 1. The summed E-state index contributed by atoms with van der Waals surface area (Å²) in [7, 11) is 5.14. The summed E-state index contributed by atoms with van der Waals surface area (Å²) in [6.45, 7) is 0.531. The Morgan fingerprint density at radius 3 is 2.47 bits per heavy atom. The first-order valence-corrected chi connectivity index (χ1v) is 12.7. The molecule has 0 bridgehead atoms. The summed E-state index contributed by atoms with van der Waals surface area (Å²) in [5, 5.41) is 9.85. The highest BCUT2D eigenvalue weighted by atomic mass is 32.2. The van der Waals surface area contributed by atoms with E-state index >= 15 is 0 Å². The van der Waals surface area contributed by atoms with Crippen molar-refractivity contribution in [3.05, 3.63) is 54.1 Å². The van der Waals surface area contributed by atoms with Gasteiger partial charge >= 0.3 is 0 Å². The monoisotopic (exact) mass is 480 g/mol. The lowest BCUT2D eigenvalue weighted by Crippen LogP contribution is -2.28. The fourth-order valence-electron chi connectivity index (χ4n) is 4.35. The van der Waals surface area contributed by atoms with Crippen LogP contribution in [0.5, 0.6) is 11.5 Å². The van der Waals surface area contributed by atoms with Crippen LogP contribution in [0.3, 0.4) is 0 Å². The molecule has 1 fully saturated rings. The van der Waals surface area contributed by atoms with E-state index in [9.17, 15) is 4.79 Å². The molecule has 1 amide bonds. The first kappa shape index (κ1) is 24.1. The molecule has 0 N–H and O–H groups in total. The molecule has 7 nitrogen and oxygen atoms in total. The molecule has 1 aromatic heterocycles. The molecule has 0 spiro atoms. The number of amides is 1. The van der Waals surface area contributed by atoms with Crippen molar-refractivity contribution in [1.82, 2.24) is 19.7 Å². The number of rotatable bonds is 9. The van der Waals surface area contributed by atoms with Gasteiger partial charge in [0.05, 0.1) is 20.0 Å². The Bertz CT molecular complexity index is 1090. The summed E-state index contributed by atoms with van der Waals surface area (Å²) >= 11 is 1.47. The number of hydrogen-bond donors (Lipinski definition) is 0. The number of ether oxygens (including phenoxy) is 2. The highest BCUT2D eigenvalue weighted by molar-refractivity contribution is 7.99. The van der Waals surface area contributed by atoms with E-state index in [0.29, 0.717) is 18.3 Å². The molecular formula is C26H32N4O3S. The largest absolute Gasteiger partial charge is 0.497 e. The molecule has 0 atom stereocenters. The highest BCUT2D eigenvalue weighted by Crippen LogP contribution is 2.36. The molecule has 1 aliphatic carbocycles. The number of aromatic nitrogens is 3. The average molecular weight is 481 g/mol. The van der Waals surface area contributed by atoms with Crippen LogP contribution in [0, 0.1) is 0 Å². The summed E-state index contributed by atoms with van der Waals surface area (Å²) in [6.07, 6.45) is 5.90. The van der Waals surface area contributed by atoms with E-state index in [0.717, 1.165) is 46.4 Å². The normalized spacial score (nSPS) is 14.1. The van der Waals surface area contributed by atoms with E-state index in [1.807, 2.05) is 55.6 Å². The first-order chi connectivity index (χ1) is 16.6. The topological polar surface area (TPSA) is 69.5 Å². The number of hydrogen-bond acceptors (Lipinski definition) is 6. The molecule has 2 aromatic carbocycles. The average Bonchev–Trinajstić information content (AvgIpc) is 3.31. The van der Waals surface area contributed by atoms with Gasteiger partial charge in [-0.15, -0.1) is 10.2 Å². The maximum Gasteiger partial charge on any atom is 0.233 e. The van der Waals surface area contributed by atoms with Crippen LogP contribution in [-0.2, 0) is 11.3 Å². The van der Waals surface area contributed by atoms with Gasteiger partial charge in [-0.3, -0.25) is 9.36 Å². The van der Waals surface area contributed by atoms with E-state index < -0.39 is 0 Å². The van der Waals surface area contributed by atoms with E-state index in [4.69, 9.17) is 9.47 Å². The molecule has 0 saturated heterocycles. The molecule has 0 aliphatic heterocycles. The smallest absolute Gasteiger partial charge is 0.233 e. The van der Waals surface area contributed by atoms with Gasteiger partial charge in [-0.1, -0.05) is 43.2 Å². The van der Waals surface area contributed by atoms with Crippen LogP contribution in [0.2, 0.25) is 0 Å². The van der Waals surface area contributed by atoms with Crippen LogP contribution in [-0.4, -0.2) is 52.6 Å². The minimum absolute atomic E-state index is 0.0528. The van der Waals surface area contributed by atoms with Crippen molar-refractivity contribution in [2.45, 2.75) is 49.8 Å². The zero-order chi connectivity index (χ0) is 23.9. The van der Waals surface area contributed by atoms with Gasteiger partial charge in [0.1, 0.15) is 11.5 Å². The molecular weight excluding hydrogens is 448 g/mol. The lowest BCUT2D eigenvalue weighted by molar-refractivity contribution is -0.127. The number of carbonyl (C=O) groups excluding carboxylic acids is 1. The van der Waals surface area contributed by atoms with Crippen molar-refractivity contribution in [2.24, 2.45) is 0 Å². The molecule has 180 valence electrons. The summed E-state index contributed by atoms with van der Waals surface area (Å²) in [5.74, 6) is 2.82. The lowest BCUT2D eigenvalue weighted by atomic mass is 9.95. The Labute approximate surface area is 205 Å². The van der Waals surface area contributed by atoms with Crippen LogP contribution in [0.4, 0.5) is 0 Å². The Balaban J connectivity index is 1.49. The molecule has 1 heterocycles. The van der Waals surface area contributed by atoms with Crippen molar-refractivity contribution in [3.8, 4) is 22.9 Å². The van der Waals surface area contributed by atoms with Crippen LogP contribution in [0.15, 0.2) is 53.7 Å². The second-order valence-corrected chi connectivity index (χ2v) is 9.53. The maximum atomic E-state index is 12.9. The van der Waals surface area contributed by atoms with Crippen molar-refractivity contribution < 1.29 is 14.3 Å². The molecule has 0 unspecified atom stereocenters. The Morgan fingerprint density at radius 2 is 1.76 bits per heavy atom. The molecule has 8 heteroatoms. The third-order valence-corrected chi connectivity index (χ3v) is 7.18. The van der Waals surface area contributed by atoms with Gasteiger partial charge in [0.15, 0.2) is 11.0 Å². The van der Waals surface area contributed by atoms with Crippen LogP contribution < -0.4 is 9.47 Å². The fourth-order valence-corrected chi connectivity index (χ4v) is 5.30. The number of benzene rings is 2. The summed E-state index contributed by atoms with van der Waals surface area (Å²) < 4.78 is 12.8. The molecule has 4 rings (SSSR count). The molecule has 0 radical (unpaired) electrons. The van der Waals surface area contributed by atoms with Crippen molar-refractivity contribution >= 4 is 17.7 Å². The molecule has 3 aromatic rings. The van der Waals surface area contributed by atoms with Crippen molar-refractivity contribution in [1.29, 1.82) is 0 Å². The van der Waals surface area contributed by atoms with Crippen LogP contribution in [0.25, 0.3) is 11.4 Å². The number of methoxy groups -OCH3 is 2. The van der Waals surface area contributed by atoms with E-state index in [-0.39, 0.29) is 5.91 Å². The molecule has 34 heavy (non-hydrogen) atoms. The van der Waals surface area contributed by atoms with Gasteiger partial charge in [-0.05, 0) is 54.8 Å². The van der Waals surface area contributed by atoms with E-state index in [1.54, 1.807) is 19.1 Å². The number of carbonyl (C=O) groups is 1. The highest BCUT2D eigenvalue weighted by Gasteiger charge is 2.24. The predicted molar refractivity (Wildman–Crippen MR) is 134 cm³/mol. The lowest BCUT2D eigenvalue weighted by Gasteiger charge is -2.26. The Hall–Kier alpha value is -3.00. The summed E-state index contributed by atoms with van der Waals surface area (Å²) in [4.78, 5) is 14.7. The third kappa shape index (κ3) is 5.73. The van der Waals surface area contributed by atoms with Gasteiger partial charge in [-0.25, -0.2) is 0 Å². The Kier molecular flexibility index (Phi) is 8.11. The number of nitrogens with zero attached hydrogens (tertiary/aromatic N) is 4. The third-order valence-electron chi connectivity index (χ3n) is 6.26. The summed E-state index contributed by atoms with van der Waals surface area (Å²) in [6, 6.07) is 16.1. The minimum atomic E-state index is 0.0528. The quantitative estimate of drug-likeness (QED) is 0.391. The standard InChI is InChI=1S/C26H32N4O3S/c1-29(17-19-8-7-11-23(16-19)33-3)24(31)18-34-26-28-27-25(20-12-14-22(32-2)15-13-20)30(26)21-9-5-4-6-10-21/h7-8,11-16,21H,4-6,9-10,17-18H2,1-3H3.